The Labute approximate surface area is 117 Å². The summed E-state index contributed by atoms with van der Waals surface area (Å²) in [6.07, 6.45) is 1.55. The lowest BCUT2D eigenvalue weighted by molar-refractivity contribution is 0.102. The van der Waals surface area contributed by atoms with Gasteiger partial charge in [-0.25, -0.2) is 4.98 Å². The summed E-state index contributed by atoms with van der Waals surface area (Å²) in [6, 6.07) is 8.41. The van der Waals surface area contributed by atoms with E-state index in [-0.39, 0.29) is 11.1 Å². The number of amides is 1. The molecule has 2 rings (SSSR count). The molecule has 1 amide bonds. The number of pyridine rings is 1. The molecule has 0 aliphatic carbocycles. The van der Waals surface area contributed by atoms with E-state index in [2.05, 4.69) is 26.2 Å². The normalized spacial score (nSPS) is 10.1. The van der Waals surface area contributed by atoms with Gasteiger partial charge in [-0.3, -0.25) is 4.79 Å². The number of carbonyl (C=O) groups is 1. The number of hydrogen-bond donors (Lipinski definition) is 2. The summed E-state index contributed by atoms with van der Waals surface area (Å²) in [4.78, 5) is 15.9. The van der Waals surface area contributed by atoms with E-state index in [1.54, 1.807) is 36.5 Å². The van der Waals surface area contributed by atoms with Gasteiger partial charge in [-0.2, -0.15) is 0 Å². The monoisotopic (exact) mass is 325 g/mol. The van der Waals surface area contributed by atoms with Gasteiger partial charge in [0.25, 0.3) is 5.91 Å². The highest BCUT2D eigenvalue weighted by Crippen LogP contribution is 2.22. The van der Waals surface area contributed by atoms with E-state index in [0.717, 1.165) is 4.47 Å². The van der Waals surface area contributed by atoms with Crippen molar-refractivity contribution in [2.75, 3.05) is 11.1 Å². The maximum absolute atomic E-state index is 12.0. The Hall–Kier alpha value is -1.59. The van der Waals surface area contributed by atoms with Gasteiger partial charge >= 0.3 is 0 Å². The molecule has 0 saturated carbocycles. The van der Waals surface area contributed by atoms with E-state index in [4.69, 9.17) is 17.3 Å². The number of carbonyl (C=O) groups excluding carboxylic acids is 1. The molecule has 0 fully saturated rings. The van der Waals surface area contributed by atoms with Gasteiger partial charge in [-0.1, -0.05) is 27.5 Å². The van der Waals surface area contributed by atoms with E-state index in [0.29, 0.717) is 16.9 Å². The predicted molar refractivity (Wildman–Crippen MR) is 75.8 cm³/mol. The zero-order valence-corrected chi connectivity index (χ0v) is 11.5. The number of halogens is 2. The van der Waals surface area contributed by atoms with Crippen molar-refractivity contribution in [1.29, 1.82) is 0 Å². The molecule has 0 bridgehead atoms. The van der Waals surface area contributed by atoms with E-state index in [1.807, 2.05) is 0 Å². The van der Waals surface area contributed by atoms with Gasteiger partial charge in [0.2, 0.25) is 0 Å². The second-order valence-corrected chi connectivity index (χ2v) is 4.80. The van der Waals surface area contributed by atoms with Crippen LogP contribution in [-0.4, -0.2) is 10.9 Å². The van der Waals surface area contributed by atoms with Gasteiger partial charge < -0.3 is 11.1 Å². The minimum atomic E-state index is -0.324. The van der Waals surface area contributed by atoms with Gasteiger partial charge in [0.05, 0.1) is 11.3 Å². The molecule has 0 radical (unpaired) electrons. The van der Waals surface area contributed by atoms with Crippen LogP contribution in [0.25, 0.3) is 0 Å². The molecule has 0 aliphatic heterocycles. The standard InChI is InChI=1S/C12H9BrClN3O/c13-7-3-4-8(9(15)6-7)12(18)17-10-2-1-5-16-11(10)14/h1-6H,15H2,(H,17,18). The maximum Gasteiger partial charge on any atom is 0.257 e. The Morgan fingerprint density at radius 2 is 2.17 bits per heavy atom. The summed E-state index contributed by atoms with van der Waals surface area (Å²) < 4.78 is 0.816. The molecule has 1 aromatic carbocycles. The number of hydrogen-bond acceptors (Lipinski definition) is 3. The number of nitrogens with zero attached hydrogens (tertiary/aromatic N) is 1. The zero-order valence-electron chi connectivity index (χ0n) is 9.15. The van der Waals surface area contributed by atoms with Crippen molar-refractivity contribution in [1.82, 2.24) is 4.98 Å². The first-order valence-electron chi connectivity index (χ1n) is 5.05. The molecule has 92 valence electrons. The maximum atomic E-state index is 12.0. The van der Waals surface area contributed by atoms with Crippen LogP contribution in [0.4, 0.5) is 11.4 Å². The summed E-state index contributed by atoms with van der Waals surface area (Å²) in [5.74, 6) is -0.324. The highest BCUT2D eigenvalue weighted by Gasteiger charge is 2.11. The minimum absolute atomic E-state index is 0.238. The van der Waals surface area contributed by atoms with Crippen LogP contribution in [-0.2, 0) is 0 Å². The first-order valence-corrected chi connectivity index (χ1v) is 6.22. The van der Waals surface area contributed by atoms with Gasteiger partial charge in [0.1, 0.15) is 0 Å². The van der Waals surface area contributed by atoms with Crippen molar-refractivity contribution in [3.05, 3.63) is 51.7 Å². The quantitative estimate of drug-likeness (QED) is 0.657. The SMILES string of the molecule is Nc1cc(Br)ccc1C(=O)Nc1cccnc1Cl. The van der Waals surface area contributed by atoms with Crippen molar-refractivity contribution in [3.63, 3.8) is 0 Å². The van der Waals surface area contributed by atoms with Gasteiger partial charge in [-0.15, -0.1) is 0 Å². The molecule has 0 aliphatic rings. The number of nitrogens with two attached hydrogens (primary N) is 1. The molecule has 4 nitrogen and oxygen atoms in total. The lowest BCUT2D eigenvalue weighted by Gasteiger charge is -2.08. The van der Waals surface area contributed by atoms with Crippen LogP contribution in [0.5, 0.6) is 0 Å². The fraction of sp³-hybridized carbons (Fsp3) is 0. The van der Waals surface area contributed by atoms with Crippen LogP contribution in [0.3, 0.4) is 0 Å². The fourth-order valence-corrected chi connectivity index (χ4v) is 1.95. The molecule has 0 atom stereocenters. The lowest BCUT2D eigenvalue weighted by Crippen LogP contribution is -2.14. The number of aromatic nitrogens is 1. The molecule has 0 saturated heterocycles. The zero-order chi connectivity index (χ0) is 13.1. The smallest absolute Gasteiger partial charge is 0.257 e. The molecule has 1 aromatic heterocycles. The average Bonchev–Trinajstić information content (AvgIpc) is 2.32. The fourth-order valence-electron chi connectivity index (χ4n) is 1.41. The Morgan fingerprint density at radius 3 is 2.83 bits per heavy atom. The van der Waals surface area contributed by atoms with E-state index in [9.17, 15) is 4.79 Å². The Bertz CT molecular complexity index is 604. The van der Waals surface area contributed by atoms with Crippen molar-refractivity contribution in [2.45, 2.75) is 0 Å². The number of anilines is 2. The summed E-state index contributed by atoms with van der Waals surface area (Å²) >= 11 is 9.14. The van der Waals surface area contributed by atoms with Crippen LogP contribution < -0.4 is 11.1 Å². The van der Waals surface area contributed by atoms with Crippen molar-refractivity contribution in [2.24, 2.45) is 0 Å². The Balaban J connectivity index is 2.25. The van der Waals surface area contributed by atoms with E-state index >= 15 is 0 Å². The summed E-state index contributed by atoms with van der Waals surface area (Å²) in [7, 11) is 0. The highest BCUT2D eigenvalue weighted by atomic mass is 79.9. The highest BCUT2D eigenvalue weighted by molar-refractivity contribution is 9.10. The minimum Gasteiger partial charge on any atom is -0.398 e. The molecule has 18 heavy (non-hydrogen) atoms. The van der Waals surface area contributed by atoms with Crippen LogP contribution >= 0.6 is 27.5 Å². The van der Waals surface area contributed by atoms with Gasteiger partial charge in [0, 0.05) is 16.4 Å². The van der Waals surface area contributed by atoms with Crippen LogP contribution in [0.2, 0.25) is 5.15 Å². The lowest BCUT2D eigenvalue weighted by atomic mass is 10.1. The summed E-state index contributed by atoms with van der Waals surface area (Å²) in [6.45, 7) is 0. The topological polar surface area (TPSA) is 68.0 Å². The molecule has 2 aromatic rings. The van der Waals surface area contributed by atoms with Crippen molar-refractivity contribution >= 4 is 44.8 Å². The predicted octanol–water partition coefficient (Wildman–Crippen LogP) is 3.33. The first-order chi connectivity index (χ1) is 8.58. The third-order valence-corrected chi connectivity index (χ3v) is 3.06. The molecular weight excluding hydrogens is 318 g/mol. The number of rotatable bonds is 2. The largest absolute Gasteiger partial charge is 0.398 e. The molecule has 6 heteroatoms. The van der Waals surface area contributed by atoms with Crippen LogP contribution in [0, 0.1) is 0 Å². The number of nitrogens with one attached hydrogen (secondary N) is 1. The van der Waals surface area contributed by atoms with Gasteiger partial charge in [0.15, 0.2) is 5.15 Å². The van der Waals surface area contributed by atoms with Crippen LogP contribution in [0.1, 0.15) is 10.4 Å². The summed E-state index contributed by atoms with van der Waals surface area (Å²) in [5.41, 5.74) is 7.00. The second-order valence-electron chi connectivity index (χ2n) is 3.53. The molecule has 0 spiro atoms. The van der Waals surface area contributed by atoms with Crippen LogP contribution in [0.15, 0.2) is 41.0 Å². The molecule has 1 heterocycles. The Morgan fingerprint density at radius 1 is 1.39 bits per heavy atom. The third kappa shape index (κ3) is 2.80. The van der Waals surface area contributed by atoms with Gasteiger partial charge in [-0.05, 0) is 30.3 Å². The first kappa shape index (κ1) is 12.9. The number of nitrogen functional groups attached to an aromatic ring is 1. The van der Waals surface area contributed by atoms with Crippen molar-refractivity contribution in [3.8, 4) is 0 Å². The van der Waals surface area contributed by atoms with E-state index in [1.165, 1.54) is 0 Å². The second kappa shape index (κ2) is 5.37. The average molecular weight is 327 g/mol. The molecular formula is C12H9BrClN3O. The number of benzene rings is 1. The van der Waals surface area contributed by atoms with E-state index < -0.39 is 0 Å². The molecule has 3 N–H and O–H groups in total. The van der Waals surface area contributed by atoms with Crippen molar-refractivity contribution < 1.29 is 4.79 Å². The Kier molecular flexibility index (Phi) is 3.84. The third-order valence-electron chi connectivity index (χ3n) is 2.27. The summed E-state index contributed by atoms with van der Waals surface area (Å²) in [5, 5.41) is 2.90. The molecule has 0 unspecified atom stereocenters.